The molecule has 7 nitrogen and oxygen atoms in total. The van der Waals surface area contributed by atoms with Crippen molar-refractivity contribution in [1.82, 2.24) is 0 Å². The number of amidine groups is 1. The number of para-hydroxylation sites is 1. The molecule has 0 aliphatic carbocycles. The van der Waals surface area contributed by atoms with Crippen LogP contribution in [-0.2, 0) is 9.53 Å². The molecule has 0 aliphatic heterocycles. The van der Waals surface area contributed by atoms with Gasteiger partial charge in [-0.3, -0.25) is 4.79 Å². The molecule has 22 heavy (non-hydrogen) atoms. The Balaban J connectivity index is 0.00000211. The van der Waals surface area contributed by atoms with Crippen LogP contribution in [0.5, 0.6) is 0 Å². The average molecular weight is 311 g/mol. The Labute approximate surface area is 131 Å². The minimum Gasteiger partial charge on any atom is -0.400 e. The summed E-state index contributed by atoms with van der Waals surface area (Å²) >= 11 is 0. The van der Waals surface area contributed by atoms with E-state index >= 15 is 0 Å². The summed E-state index contributed by atoms with van der Waals surface area (Å²) < 4.78 is 5.13. The van der Waals surface area contributed by atoms with E-state index in [1.54, 1.807) is 7.11 Å². The number of hydrogen-bond acceptors (Lipinski definition) is 5. The first-order valence-corrected chi connectivity index (χ1v) is 6.79. The quantitative estimate of drug-likeness (QED) is 0.354. The van der Waals surface area contributed by atoms with Crippen molar-refractivity contribution in [2.45, 2.75) is 12.5 Å². The lowest BCUT2D eigenvalue weighted by molar-refractivity contribution is -0.106. The van der Waals surface area contributed by atoms with Gasteiger partial charge >= 0.3 is 0 Å². The van der Waals surface area contributed by atoms with E-state index in [-0.39, 0.29) is 18.5 Å². The fraction of sp³-hybridized carbons (Fsp3) is 0.467. The van der Waals surface area contributed by atoms with E-state index in [1.165, 1.54) is 0 Å². The molecule has 0 aliphatic rings. The number of aliphatic hydroxyl groups is 2. The summed E-state index contributed by atoms with van der Waals surface area (Å²) in [7, 11) is 4.49. The van der Waals surface area contributed by atoms with Crippen LogP contribution in [0.3, 0.4) is 0 Å². The van der Waals surface area contributed by atoms with Crippen molar-refractivity contribution in [3.63, 3.8) is 0 Å². The third-order valence-electron chi connectivity index (χ3n) is 3.11. The Morgan fingerprint density at radius 2 is 2.09 bits per heavy atom. The molecule has 1 aromatic rings. The maximum absolute atomic E-state index is 10.4. The van der Waals surface area contributed by atoms with Crippen LogP contribution in [0.1, 0.15) is 12.0 Å². The summed E-state index contributed by atoms with van der Waals surface area (Å²) in [6, 6.07) is 7.45. The number of carbonyl (C=O) groups excluding carboxylic acids is 1. The zero-order valence-corrected chi connectivity index (χ0v) is 13.3. The lowest BCUT2D eigenvalue weighted by Gasteiger charge is -2.24. The molecule has 0 saturated carbocycles. The fourth-order valence-electron chi connectivity index (χ4n) is 1.89. The monoisotopic (exact) mass is 311 g/mol. The molecule has 0 bridgehead atoms. The number of carbonyl (C=O) groups is 1. The summed E-state index contributed by atoms with van der Waals surface area (Å²) in [4.78, 5) is 16.0. The van der Waals surface area contributed by atoms with E-state index in [0.29, 0.717) is 24.9 Å². The van der Waals surface area contributed by atoms with Gasteiger partial charge in [-0.15, -0.1) is 0 Å². The smallest absolute Gasteiger partial charge is 0.234 e. The van der Waals surface area contributed by atoms with Gasteiger partial charge in [-0.25, -0.2) is 0 Å². The fourth-order valence-corrected chi connectivity index (χ4v) is 1.89. The molecule has 0 aromatic heterocycles. The molecule has 0 fully saturated rings. The molecule has 4 N–H and O–H groups in total. The minimum atomic E-state index is -0.189. The van der Waals surface area contributed by atoms with Crippen molar-refractivity contribution in [2.24, 2.45) is 10.7 Å². The number of aliphatic imine (C=N–C) groups is 1. The van der Waals surface area contributed by atoms with Gasteiger partial charge in [0.25, 0.3) is 0 Å². The van der Waals surface area contributed by atoms with Gasteiger partial charge in [-0.05, 0) is 18.6 Å². The molecule has 1 aromatic carbocycles. The molecular formula is C15H25N3O4. The molecule has 0 saturated heterocycles. The van der Waals surface area contributed by atoms with E-state index < -0.39 is 0 Å². The number of methoxy groups -OCH3 is 1. The molecule has 124 valence electrons. The van der Waals surface area contributed by atoms with E-state index in [2.05, 4.69) is 4.99 Å². The minimum absolute atomic E-state index is 0.0132. The number of aliphatic hydroxyl groups excluding tert-OH is 2. The average Bonchev–Trinajstić information content (AvgIpc) is 2.57. The van der Waals surface area contributed by atoms with Crippen LogP contribution in [0.25, 0.3) is 0 Å². The Bertz CT molecular complexity index is 462. The molecule has 0 radical (unpaired) electrons. The van der Waals surface area contributed by atoms with Crippen molar-refractivity contribution < 1.29 is 19.7 Å². The summed E-state index contributed by atoms with van der Waals surface area (Å²) in [5.41, 5.74) is 7.37. The second kappa shape index (κ2) is 11.7. The van der Waals surface area contributed by atoms with Crippen LogP contribution in [0, 0.1) is 0 Å². The second-order valence-corrected chi connectivity index (χ2v) is 4.39. The molecule has 1 amide bonds. The first kappa shape index (κ1) is 20.0. The van der Waals surface area contributed by atoms with Crippen LogP contribution in [-0.4, -0.2) is 63.0 Å². The van der Waals surface area contributed by atoms with E-state index in [9.17, 15) is 4.79 Å². The van der Waals surface area contributed by atoms with Crippen molar-refractivity contribution in [3.05, 3.63) is 29.8 Å². The van der Waals surface area contributed by atoms with Gasteiger partial charge < -0.3 is 25.6 Å². The summed E-state index contributed by atoms with van der Waals surface area (Å²) in [6.07, 6.45) is 0.923. The molecular weight excluding hydrogens is 286 g/mol. The van der Waals surface area contributed by atoms with Crippen molar-refractivity contribution >= 4 is 17.9 Å². The first-order chi connectivity index (χ1) is 10.6. The largest absolute Gasteiger partial charge is 0.400 e. The summed E-state index contributed by atoms with van der Waals surface area (Å²) in [5.74, 6) is 0.188. The summed E-state index contributed by atoms with van der Waals surface area (Å²) in [6.45, 7) is 0.672. The van der Waals surface area contributed by atoms with Crippen molar-refractivity contribution in [2.75, 3.05) is 39.3 Å². The summed E-state index contributed by atoms with van der Waals surface area (Å²) in [5, 5.41) is 16.1. The highest BCUT2D eigenvalue weighted by Crippen LogP contribution is 2.19. The Kier molecular flexibility index (Phi) is 10.6. The molecule has 1 atom stereocenters. The van der Waals surface area contributed by atoms with Gasteiger partial charge in [0.1, 0.15) is 5.84 Å². The van der Waals surface area contributed by atoms with Crippen LogP contribution >= 0.6 is 0 Å². The lowest BCUT2D eigenvalue weighted by Crippen LogP contribution is -2.28. The molecule has 1 rings (SSSR count). The standard InChI is InChI=1S/C14H21N3O3.CH4O/c1-17(8-7-11(9-18)20-2)13-6-4-3-5-12(13)14(15)16-10-19;1-2/h3-6,10-11,18H,7-9H2,1-2H3,(H2,15,16,19);2H,1H3. The predicted octanol–water partition coefficient (Wildman–Crippen LogP) is -0.00960. The highest BCUT2D eigenvalue weighted by atomic mass is 16.5. The van der Waals surface area contributed by atoms with E-state index in [0.717, 1.165) is 12.8 Å². The molecule has 0 spiro atoms. The number of amides is 1. The Hall–Kier alpha value is -1.96. The molecule has 1 unspecified atom stereocenters. The topological polar surface area (TPSA) is 108 Å². The van der Waals surface area contributed by atoms with Crippen LogP contribution < -0.4 is 10.6 Å². The van der Waals surface area contributed by atoms with Gasteiger partial charge in [0.05, 0.1) is 12.7 Å². The van der Waals surface area contributed by atoms with Crippen molar-refractivity contribution in [3.8, 4) is 0 Å². The van der Waals surface area contributed by atoms with Gasteiger partial charge in [0.2, 0.25) is 6.41 Å². The Morgan fingerprint density at radius 1 is 1.45 bits per heavy atom. The zero-order valence-electron chi connectivity index (χ0n) is 13.3. The van der Waals surface area contributed by atoms with Gasteiger partial charge in [-0.2, -0.15) is 4.99 Å². The van der Waals surface area contributed by atoms with Crippen molar-refractivity contribution in [1.29, 1.82) is 0 Å². The number of anilines is 1. The van der Waals surface area contributed by atoms with E-state index in [4.69, 9.17) is 20.7 Å². The maximum Gasteiger partial charge on any atom is 0.234 e. The third-order valence-corrected chi connectivity index (χ3v) is 3.11. The first-order valence-electron chi connectivity index (χ1n) is 6.79. The van der Waals surface area contributed by atoms with E-state index in [1.807, 2.05) is 36.2 Å². The lowest BCUT2D eigenvalue weighted by atomic mass is 10.1. The second-order valence-electron chi connectivity index (χ2n) is 4.39. The Morgan fingerprint density at radius 3 is 2.64 bits per heavy atom. The maximum atomic E-state index is 10.4. The third kappa shape index (κ3) is 6.21. The van der Waals surface area contributed by atoms with Crippen LogP contribution in [0.4, 0.5) is 5.69 Å². The number of nitrogens with two attached hydrogens (primary N) is 1. The number of hydrogen-bond donors (Lipinski definition) is 3. The normalized spacial score (nSPS) is 12.1. The molecule has 7 heteroatoms. The zero-order chi connectivity index (χ0) is 17.0. The predicted molar refractivity (Wildman–Crippen MR) is 87.1 cm³/mol. The highest BCUT2D eigenvalue weighted by Gasteiger charge is 2.12. The number of nitrogens with zero attached hydrogens (tertiary/aromatic N) is 2. The van der Waals surface area contributed by atoms with Crippen LogP contribution in [0.15, 0.2) is 29.3 Å². The van der Waals surface area contributed by atoms with Gasteiger partial charge in [0, 0.05) is 39.1 Å². The molecule has 0 heterocycles. The van der Waals surface area contributed by atoms with Gasteiger partial charge in [-0.1, -0.05) is 12.1 Å². The van der Waals surface area contributed by atoms with Gasteiger partial charge in [0.15, 0.2) is 0 Å². The highest BCUT2D eigenvalue weighted by molar-refractivity contribution is 6.05. The number of ether oxygens (including phenoxy) is 1. The SMILES string of the molecule is CO.COC(CO)CCN(C)c1ccccc1C(N)=NC=O. The number of benzene rings is 1. The number of rotatable bonds is 8. The van der Waals surface area contributed by atoms with Crippen LogP contribution in [0.2, 0.25) is 0 Å².